The van der Waals surface area contributed by atoms with Crippen molar-refractivity contribution < 1.29 is 31.8 Å². The van der Waals surface area contributed by atoms with Gasteiger partial charge in [0.2, 0.25) is 5.91 Å². The van der Waals surface area contributed by atoms with Gasteiger partial charge in [-0.05, 0) is 42.8 Å². The molecule has 0 aliphatic carbocycles. The van der Waals surface area contributed by atoms with Gasteiger partial charge in [0.05, 0.1) is 0 Å². The lowest BCUT2D eigenvalue weighted by molar-refractivity contribution is -0.111. The van der Waals surface area contributed by atoms with E-state index in [1.54, 1.807) is 18.3 Å². The quantitative estimate of drug-likeness (QED) is 0.365. The van der Waals surface area contributed by atoms with Gasteiger partial charge < -0.3 is 19.4 Å². The van der Waals surface area contributed by atoms with Crippen LogP contribution in [0.1, 0.15) is 17.0 Å². The standard InChI is InChI=1S/C22H19F4N3O3/c1-14-27-10-11-29(14)13-15-2-6-17(7-3-15)28-20(30)9-5-16-4-8-18(31-21(23)24)12-19(16)32-22(25)26/h2-12,21-22H,13H2,1H3,(H,28,30)/b9-5+. The molecule has 1 amide bonds. The summed E-state index contributed by atoms with van der Waals surface area (Å²) in [5.74, 6) is -0.375. The minimum absolute atomic E-state index is 0.0908. The molecule has 1 heterocycles. The average Bonchev–Trinajstić information content (AvgIpc) is 3.12. The number of amides is 1. The summed E-state index contributed by atoms with van der Waals surface area (Å²) in [6.45, 7) is -3.75. The first-order valence-electron chi connectivity index (χ1n) is 9.39. The second-order valence-corrected chi connectivity index (χ2v) is 6.58. The average molecular weight is 449 g/mol. The van der Waals surface area contributed by atoms with Gasteiger partial charge in [-0.15, -0.1) is 0 Å². The number of aromatic nitrogens is 2. The first-order valence-corrected chi connectivity index (χ1v) is 9.39. The largest absolute Gasteiger partial charge is 0.435 e. The van der Waals surface area contributed by atoms with E-state index in [0.29, 0.717) is 12.2 Å². The number of halogens is 4. The summed E-state index contributed by atoms with van der Waals surface area (Å²) in [7, 11) is 0. The molecule has 0 radical (unpaired) electrons. The fourth-order valence-electron chi connectivity index (χ4n) is 2.84. The summed E-state index contributed by atoms with van der Waals surface area (Å²) in [5, 5.41) is 2.65. The predicted molar refractivity (Wildman–Crippen MR) is 110 cm³/mol. The number of hydrogen-bond donors (Lipinski definition) is 1. The van der Waals surface area contributed by atoms with Gasteiger partial charge in [0, 0.05) is 42.3 Å². The highest BCUT2D eigenvalue weighted by atomic mass is 19.3. The van der Waals surface area contributed by atoms with Crippen LogP contribution in [0.4, 0.5) is 23.2 Å². The number of nitrogens with one attached hydrogen (secondary N) is 1. The lowest BCUT2D eigenvalue weighted by atomic mass is 10.1. The Bertz CT molecular complexity index is 1080. The van der Waals surface area contributed by atoms with Crippen molar-refractivity contribution in [3.05, 3.63) is 77.9 Å². The van der Waals surface area contributed by atoms with Gasteiger partial charge in [0.25, 0.3) is 0 Å². The van der Waals surface area contributed by atoms with Crippen molar-refractivity contribution in [1.29, 1.82) is 0 Å². The lowest BCUT2D eigenvalue weighted by Gasteiger charge is -2.11. The maximum atomic E-state index is 12.6. The summed E-state index contributed by atoms with van der Waals surface area (Å²) in [6, 6.07) is 10.5. The summed E-state index contributed by atoms with van der Waals surface area (Å²) >= 11 is 0. The summed E-state index contributed by atoms with van der Waals surface area (Å²) < 4.78 is 60.4. The molecule has 168 valence electrons. The topological polar surface area (TPSA) is 65.4 Å². The zero-order valence-corrected chi connectivity index (χ0v) is 16.8. The molecule has 2 aromatic carbocycles. The Morgan fingerprint density at radius 1 is 1.09 bits per heavy atom. The zero-order chi connectivity index (χ0) is 23.1. The predicted octanol–water partition coefficient (Wildman–Crippen LogP) is 5.09. The monoisotopic (exact) mass is 449 g/mol. The van der Waals surface area contributed by atoms with Crippen molar-refractivity contribution in [2.24, 2.45) is 0 Å². The molecule has 0 saturated heterocycles. The third kappa shape index (κ3) is 6.59. The number of carbonyl (C=O) groups excluding carboxylic acids is 1. The second kappa shape index (κ2) is 10.5. The Kier molecular flexibility index (Phi) is 7.48. The molecule has 0 aliphatic heterocycles. The van der Waals surface area contributed by atoms with Crippen LogP contribution < -0.4 is 14.8 Å². The SMILES string of the molecule is Cc1nccn1Cc1ccc(NC(=O)/C=C/c2ccc(OC(F)F)cc2OC(F)F)cc1. The van der Waals surface area contributed by atoms with Crippen LogP contribution in [0, 0.1) is 6.92 Å². The first-order chi connectivity index (χ1) is 15.3. The third-order valence-corrected chi connectivity index (χ3v) is 4.34. The number of rotatable bonds is 9. The number of imidazole rings is 1. The molecule has 0 spiro atoms. The van der Waals surface area contributed by atoms with Crippen molar-refractivity contribution in [2.75, 3.05) is 5.32 Å². The number of ether oxygens (including phenoxy) is 2. The molecule has 0 saturated carbocycles. The van der Waals surface area contributed by atoms with E-state index in [0.717, 1.165) is 29.6 Å². The highest BCUT2D eigenvalue weighted by Crippen LogP contribution is 2.28. The van der Waals surface area contributed by atoms with Crippen molar-refractivity contribution in [1.82, 2.24) is 9.55 Å². The van der Waals surface area contributed by atoms with Crippen LogP contribution in [0.2, 0.25) is 0 Å². The molecule has 1 aromatic heterocycles. The number of nitrogens with zero attached hydrogens (tertiary/aromatic N) is 2. The van der Waals surface area contributed by atoms with E-state index in [4.69, 9.17) is 0 Å². The fraction of sp³-hybridized carbons (Fsp3) is 0.182. The van der Waals surface area contributed by atoms with Gasteiger partial charge in [-0.25, -0.2) is 4.98 Å². The molecule has 3 rings (SSSR count). The van der Waals surface area contributed by atoms with Gasteiger partial charge >= 0.3 is 13.2 Å². The van der Waals surface area contributed by atoms with Crippen molar-refractivity contribution in [3.63, 3.8) is 0 Å². The van der Waals surface area contributed by atoms with E-state index in [9.17, 15) is 22.4 Å². The third-order valence-electron chi connectivity index (χ3n) is 4.34. The van der Waals surface area contributed by atoms with Gasteiger partial charge in [-0.3, -0.25) is 4.79 Å². The van der Waals surface area contributed by atoms with Crippen LogP contribution in [-0.2, 0) is 11.3 Å². The van der Waals surface area contributed by atoms with Crippen LogP contribution >= 0.6 is 0 Å². The number of carbonyl (C=O) groups is 1. The Labute approximate surface area is 181 Å². The van der Waals surface area contributed by atoms with Crippen LogP contribution in [0.25, 0.3) is 6.08 Å². The van der Waals surface area contributed by atoms with E-state index in [2.05, 4.69) is 19.8 Å². The smallest absolute Gasteiger partial charge is 0.387 e. The summed E-state index contributed by atoms with van der Waals surface area (Å²) in [4.78, 5) is 16.4. The molecular weight excluding hydrogens is 430 g/mol. The lowest BCUT2D eigenvalue weighted by Crippen LogP contribution is -2.08. The molecule has 6 nitrogen and oxygen atoms in total. The van der Waals surface area contributed by atoms with Gasteiger partial charge in [-0.2, -0.15) is 17.6 Å². The van der Waals surface area contributed by atoms with E-state index in [1.807, 2.05) is 29.8 Å². The summed E-state index contributed by atoms with van der Waals surface area (Å²) in [6.07, 6.45) is 5.93. The van der Waals surface area contributed by atoms with E-state index in [-0.39, 0.29) is 11.3 Å². The molecule has 1 N–H and O–H groups in total. The molecule has 0 aliphatic rings. The maximum absolute atomic E-state index is 12.6. The second-order valence-electron chi connectivity index (χ2n) is 6.58. The first kappa shape index (κ1) is 22.9. The molecule has 3 aromatic rings. The van der Waals surface area contributed by atoms with Crippen molar-refractivity contribution >= 4 is 17.7 Å². The molecule has 0 atom stereocenters. The number of hydrogen-bond acceptors (Lipinski definition) is 4. The molecule has 32 heavy (non-hydrogen) atoms. The van der Waals surface area contributed by atoms with Gasteiger partial charge in [-0.1, -0.05) is 12.1 Å². The maximum Gasteiger partial charge on any atom is 0.387 e. The van der Waals surface area contributed by atoms with Crippen molar-refractivity contribution in [3.8, 4) is 11.5 Å². The van der Waals surface area contributed by atoms with Crippen molar-refractivity contribution in [2.45, 2.75) is 26.7 Å². The highest BCUT2D eigenvalue weighted by Gasteiger charge is 2.12. The number of benzene rings is 2. The van der Waals surface area contributed by atoms with E-state index >= 15 is 0 Å². The van der Waals surface area contributed by atoms with Crippen LogP contribution in [0.15, 0.2) is 60.9 Å². The normalized spacial score (nSPS) is 11.3. The highest BCUT2D eigenvalue weighted by molar-refractivity contribution is 6.02. The molecule has 0 bridgehead atoms. The van der Waals surface area contributed by atoms with Gasteiger partial charge in [0.15, 0.2) is 0 Å². The van der Waals surface area contributed by atoms with Crippen LogP contribution in [-0.4, -0.2) is 28.7 Å². The molecular formula is C22H19F4N3O3. The molecule has 0 unspecified atom stereocenters. The molecule has 0 fully saturated rings. The Balaban J connectivity index is 1.65. The number of alkyl halides is 4. The number of anilines is 1. The van der Waals surface area contributed by atoms with Crippen LogP contribution in [0.3, 0.4) is 0 Å². The Hall–Kier alpha value is -3.82. The Morgan fingerprint density at radius 3 is 2.44 bits per heavy atom. The number of aryl methyl sites for hydroxylation is 1. The molecule has 10 heteroatoms. The minimum Gasteiger partial charge on any atom is -0.435 e. The van der Waals surface area contributed by atoms with E-state index in [1.165, 1.54) is 12.1 Å². The Morgan fingerprint density at radius 2 is 1.81 bits per heavy atom. The van der Waals surface area contributed by atoms with Crippen LogP contribution in [0.5, 0.6) is 11.5 Å². The fourth-order valence-corrected chi connectivity index (χ4v) is 2.84. The minimum atomic E-state index is -3.18. The summed E-state index contributed by atoms with van der Waals surface area (Å²) in [5.41, 5.74) is 1.64. The van der Waals surface area contributed by atoms with Gasteiger partial charge in [0.1, 0.15) is 17.3 Å². The zero-order valence-electron chi connectivity index (χ0n) is 16.8. The van der Waals surface area contributed by atoms with E-state index < -0.39 is 24.9 Å².